The summed E-state index contributed by atoms with van der Waals surface area (Å²) >= 11 is 0. The minimum Gasteiger partial charge on any atom is -0.322 e. The molecular weight excluding hydrogens is 288 g/mol. The number of rotatable bonds is 3. The van der Waals surface area contributed by atoms with Crippen LogP contribution in [-0.2, 0) is 10.0 Å². The third-order valence-electron chi connectivity index (χ3n) is 3.16. The van der Waals surface area contributed by atoms with Crippen LogP contribution < -0.4 is 10.5 Å². The molecule has 110 valence electrons. The fraction of sp³-hybridized carbons (Fsp3) is 0.133. The highest BCUT2D eigenvalue weighted by Gasteiger charge is 2.13. The lowest BCUT2D eigenvalue weighted by atomic mass is 10.1. The minimum atomic E-state index is -3.74. The standard InChI is InChI=1S/C15H16N2O3S/c1-10-5-3-4-6-13(10)15(18)17-14-8-7-12(9-11(14)2)21(16,19)20/h3-9H,1-2H3,(H,17,18)(H2,16,19,20). The Balaban J connectivity index is 2.29. The molecule has 6 heteroatoms. The topological polar surface area (TPSA) is 89.3 Å². The molecule has 0 saturated heterocycles. The summed E-state index contributed by atoms with van der Waals surface area (Å²) in [5.74, 6) is -0.237. The van der Waals surface area contributed by atoms with Gasteiger partial charge in [0.25, 0.3) is 5.91 Å². The van der Waals surface area contributed by atoms with Crippen molar-refractivity contribution in [3.63, 3.8) is 0 Å². The number of hydrogen-bond donors (Lipinski definition) is 2. The van der Waals surface area contributed by atoms with Gasteiger partial charge < -0.3 is 5.32 Å². The number of carbonyl (C=O) groups excluding carboxylic acids is 1. The summed E-state index contributed by atoms with van der Waals surface area (Å²) in [6.45, 7) is 3.56. The van der Waals surface area contributed by atoms with Crippen molar-refractivity contribution in [2.75, 3.05) is 5.32 Å². The van der Waals surface area contributed by atoms with Crippen LogP contribution in [0.3, 0.4) is 0 Å². The van der Waals surface area contributed by atoms with Crippen molar-refractivity contribution < 1.29 is 13.2 Å². The van der Waals surface area contributed by atoms with Crippen LogP contribution in [0.2, 0.25) is 0 Å². The Morgan fingerprint density at radius 2 is 1.71 bits per heavy atom. The largest absolute Gasteiger partial charge is 0.322 e. The average Bonchev–Trinajstić information content (AvgIpc) is 2.40. The first kappa shape index (κ1) is 15.2. The molecule has 0 aliphatic heterocycles. The Kier molecular flexibility index (Phi) is 4.11. The second-order valence-electron chi connectivity index (χ2n) is 4.79. The zero-order chi connectivity index (χ0) is 15.6. The van der Waals surface area contributed by atoms with Gasteiger partial charge in [-0.3, -0.25) is 4.79 Å². The number of aryl methyl sites for hydroxylation is 2. The second kappa shape index (κ2) is 5.67. The maximum atomic E-state index is 12.2. The van der Waals surface area contributed by atoms with E-state index in [4.69, 9.17) is 5.14 Å². The molecule has 5 nitrogen and oxygen atoms in total. The number of nitrogens with one attached hydrogen (secondary N) is 1. The van der Waals surface area contributed by atoms with E-state index in [1.54, 1.807) is 19.1 Å². The van der Waals surface area contributed by atoms with E-state index in [9.17, 15) is 13.2 Å². The zero-order valence-electron chi connectivity index (χ0n) is 11.8. The molecule has 0 saturated carbocycles. The summed E-state index contributed by atoms with van der Waals surface area (Å²) < 4.78 is 22.6. The molecular formula is C15H16N2O3S. The number of hydrogen-bond acceptors (Lipinski definition) is 3. The van der Waals surface area contributed by atoms with Crippen molar-refractivity contribution >= 4 is 21.6 Å². The van der Waals surface area contributed by atoms with Crippen LogP contribution in [0.25, 0.3) is 0 Å². The number of primary sulfonamides is 1. The monoisotopic (exact) mass is 304 g/mol. The number of benzene rings is 2. The van der Waals surface area contributed by atoms with Crippen molar-refractivity contribution in [2.45, 2.75) is 18.7 Å². The molecule has 0 fully saturated rings. The van der Waals surface area contributed by atoms with E-state index >= 15 is 0 Å². The molecule has 0 radical (unpaired) electrons. The molecule has 0 unspecified atom stereocenters. The van der Waals surface area contributed by atoms with E-state index in [2.05, 4.69) is 5.32 Å². The Hall–Kier alpha value is -2.18. The Morgan fingerprint density at radius 1 is 1.05 bits per heavy atom. The Morgan fingerprint density at radius 3 is 2.29 bits per heavy atom. The highest BCUT2D eigenvalue weighted by atomic mass is 32.2. The molecule has 21 heavy (non-hydrogen) atoms. The molecule has 0 spiro atoms. The fourth-order valence-corrected chi connectivity index (χ4v) is 2.57. The lowest BCUT2D eigenvalue weighted by Gasteiger charge is -2.11. The second-order valence-corrected chi connectivity index (χ2v) is 6.35. The van der Waals surface area contributed by atoms with Gasteiger partial charge in [0.1, 0.15) is 0 Å². The number of sulfonamides is 1. The fourth-order valence-electron chi connectivity index (χ4n) is 1.97. The number of amides is 1. The molecule has 2 aromatic rings. The Bertz CT molecular complexity index is 798. The SMILES string of the molecule is Cc1cc(S(N)(=O)=O)ccc1NC(=O)c1ccccc1C. The molecule has 0 bridgehead atoms. The summed E-state index contributed by atoms with van der Waals surface area (Å²) in [6.07, 6.45) is 0. The van der Waals surface area contributed by atoms with Crippen LogP contribution in [0.15, 0.2) is 47.4 Å². The van der Waals surface area contributed by atoms with E-state index in [-0.39, 0.29) is 10.8 Å². The molecule has 0 heterocycles. The smallest absolute Gasteiger partial charge is 0.255 e. The van der Waals surface area contributed by atoms with Crippen molar-refractivity contribution in [1.82, 2.24) is 0 Å². The first-order valence-electron chi connectivity index (χ1n) is 6.29. The third-order valence-corrected chi connectivity index (χ3v) is 4.08. The molecule has 0 aliphatic carbocycles. The van der Waals surface area contributed by atoms with Gasteiger partial charge in [-0.15, -0.1) is 0 Å². The lowest BCUT2D eigenvalue weighted by molar-refractivity contribution is 0.102. The minimum absolute atomic E-state index is 0.0221. The van der Waals surface area contributed by atoms with Gasteiger partial charge in [-0.25, -0.2) is 13.6 Å². The van der Waals surface area contributed by atoms with Crippen LogP contribution in [-0.4, -0.2) is 14.3 Å². The highest BCUT2D eigenvalue weighted by Crippen LogP contribution is 2.20. The maximum Gasteiger partial charge on any atom is 0.255 e. The van der Waals surface area contributed by atoms with Crippen molar-refractivity contribution in [1.29, 1.82) is 0 Å². The van der Waals surface area contributed by atoms with Gasteiger partial charge >= 0.3 is 0 Å². The van der Waals surface area contributed by atoms with Gasteiger partial charge in [0, 0.05) is 11.3 Å². The van der Waals surface area contributed by atoms with Gasteiger partial charge in [0.05, 0.1) is 4.90 Å². The van der Waals surface area contributed by atoms with Crippen LogP contribution >= 0.6 is 0 Å². The van der Waals surface area contributed by atoms with E-state index < -0.39 is 10.0 Å². The van der Waals surface area contributed by atoms with Gasteiger partial charge in [-0.2, -0.15) is 0 Å². The normalized spacial score (nSPS) is 11.2. The number of anilines is 1. The first-order valence-corrected chi connectivity index (χ1v) is 7.84. The van der Waals surface area contributed by atoms with Gasteiger partial charge in [0.2, 0.25) is 10.0 Å². The predicted octanol–water partition coefficient (Wildman–Crippen LogP) is 2.20. The quantitative estimate of drug-likeness (QED) is 0.911. The summed E-state index contributed by atoms with van der Waals surface area (Å²) in [6, 6.07) is 11.6. The predicted molar refractivity (Wildman–Crippen MR) is 81.7 cm³/mol. The van der Waals surface area contributed by atoms with Gasteiger partial charge in [0.15, 0.2) is 0 Å². The van der Waals surface area contributed by atoms with Crippen LogP contribution in [0, 0.1) is 13.8 Å². The van der Waals surface area contributed by atoms with Crippen LogP contribution in [0.4, 0.5) is 5.69 Å². The summed E-state index contributed by atoms with van der Waals surface area (Å²) in [5.41, 5.74) is 2.63. The third kappa shape index (κ3) is 3.48. The van der Waals surface area contributed by atoms with Crippen LogP contribution in [0.1, 0.15) is 21.5 Å². The summed E-state index contributed by atoms with van der Waals surface area (Å²) in [7, 11) is -3.74. The maximum absolute atomic E-state index is 12.2. The van der Waals surface area contributed by atoms with E-state index in [0.717, 1.165) is 5.56 Å². The van der Waals surface area contributed by atoms with Gasteiger partial charge in [-0.05, 0) is 49.2 Å². The van der Waals surface area contributed by atoms with Crippen molar-refractivity contribution in [3.8, 4) is 0 Å². The van der Waals surface area contributed by atoms with E-state index in [1.807, 2.05) is 19.1 Å². The molecule has 0 atom stereocenters. The molecule has 0 aliphatic rings. The average molecular weight is 304 g/mol. The van der Waals surface area contributed by atoms with Crippen molar-refractivity contribution in [2.24, 2.45) is 5.14 Å². The number of nitrogens with two attached hydrogens (primary N) is 1. The van der Waals surface area contributed by atoms with Gasteiger partial charge in [-0.1, -0.05) is 18.2 Å². The van der Waals surface area contributed by atoms with E-state index in [1.165, 1.54) is 18.2 Å². The highest BCUT2D eigenvalue weighted by molar-refractivity contribution is 7.89. The Labute approximate surface area is 123 Å². The molecule has 2 aromatic carbocycles. The van der Waals surface area contributed by atoms with Crippen LogP contribution in [0.5, 0.6) is 0 Å². The summed E-state index contributed by atoms with van der Waals surface area (Å²) in [4.78, 5) is 12.2. The summed E-state index contributed by atoms with van der Waals surface area (Å²) in [5, 5.41) is 7.84. The zero-order valence-corrected chi connectivity index (χ0v) is 12.6. The molecule has 2 rings (SSSR count). The van der Waals surface area contributed by atoms with E-state index in [0.29, 0.717) is 16.8 Å². The first-order chi connectivity index (χ1) is 9.79. The number of carbonyl (C=O) groups is 1. The lowest BCUT2D eigenvalue weighted by Crippen LogP contribution is -2.15. The molecule has 3 N–H and O–H groups in total. The molecule has 1 amide bonds. The van der Waals surface area contributed by atoms with Crippen molar-refractivity contribution in [3.05, 3.63) is 59.2 Å². The molecule has 0 aromatic heterocycles.